The lowest BCUT2D eigenvalue weighted by atomic mass is 9.63. The van der Waals surface area contributed by atoms with Crippen molar-refractivity contribution in [3.8, 4) is 0 Å². The van der Waals surface area contributed by atoms with Crippen LogP contribution in [0.15, 0.2) is 10.1 Å². The number of rotatable bonds is 0. The highest BCUT2D eigenvalue weighted by Gasteiger charge is 2.54. The Balaban J connectivity index is 2.24. The third kappa shape index (κ3) is 3.13. The predicted molar refractivity (Wildman–Crippen MR) is 79.0 cm³/mol. The zero-order chi connectivity index (χ0) is 14.4. The molecule has 2 nitrogen and oxygen atoms in total. The van der Waals surface area contributed by atoms with Gasteiger partial charge in [-0.25, -0.2) is 0 Å². The molecule has 0 radical (unpaired) electrons. The van der Waals surface area contributed by atoms with Gasteiger partial charge in [-0.1, -0.05) is 58.0 Å². The van der Waals surface area contributed by atoms with Crippen LogP contribution < -0.4 is 0 Å². The molecule has 1 aliphatic heterocycles. The topological polar surface area (TPSA) is 26.3 Å². The maximum Gasteiger partial charge on any atom is 0.312 e. The number of cyclic esters (lactones) is 1. The van der Waals surface area contributed by atoms with Gasteiger partial charge in [0.1, 0.15) is 10.6 Å². The van der Waals surface area contributed by atoms with E-state index in [0.717, 1.165) is 18.4 Å². The molecule has 1 heterocycles. The maximum atomic E-state index is 12.3. The van der Waals surface area contributed by atoms with Crippen molar-refractivity contribution in [1.82, 2.24) is 0 Å². The fourth-order valence-corrected chi connectivity index (χ4v) is 3.62. The summed E-state index contributed by atoms with van der Waals surface area (Å²) in [6.45, 7) is 1.87. The maximum absolute atomic E-state index is 12.3. The smallest absolute Gasteiger partial charge is 0.312 e. The second-order valence-corrected chi connectivity index (χ2v) is 8.68. The van der Waals surface area contributed by atoms with Gasteiger partial charge >= 0.3 is 5.97 Å². The standard InChI is InChI=1S/C12H13Cl5O2/c1-11-5-6(9(13)14)2-3-7(11)4-8(12(15,16)17)19-10(11)18/h7-8H,2-5H2,1H3/t7-,8+,11+/m1/s1. The molecule has 0 aromatic carbocycles. The molecule has 0 amide bonds. The number of halogens is 5. The van der Waals surface area contributed by atoms with Crippen molar-refractivity contribution in [2.24, 2.45) is 11.3 Å². The molecule has 7 heteroatoms. The Kier molecular flexibility index (Phi) is 4.61. The van der Waals surface area contributed by atoms with Crippen molar-refractivity contribution in [3.05, 3.63) is 10.1 Å². The van der Waals surface area contributed by atoms with E-state index in [9.17, 15) is 4.79 Å². The second kappa shape index (κ2) is 5.46. The first-order chi connectivity index (χ1) is 8.64. The zero-order valence-electron chi connectivity index (χ0n) is 10.2. The number of carbonyl (C=O) groups excluding carboxylic acids is 1. The van der Waals surface area contributed by atoms with Gasteiger partial charge in [0.15, 0.2) is 0 Å². The number of hydrogen-bond donors (Lipinski definition) is 0. The molecule has 2 aliphatic rings. The minimum Gasteiger partial charge on any atom is -0.457 e. The second-order valence-electron chi connectivity index (χ2n) is 5.37. The molecule has 1 aliphatic carbocycles. The third-order valence-electron chi connectivity index (χ3n) is 4.12. The molecule has 0 N–H and O–H groups in total. The van der Waals surface area contributed by atoms with E-state index < -0.39 is 15.3 Å². The molecule has 2 fully saturated rings. The van der Waals surface area contributed by atoms with Crippen LogP contribution in [-0.4, -0.2) is 15.9 Å². The first-order valence-corrected chi connectivity index (χ1v) is 7.84. The van der Waals surface area contributed by atoms with Gasteiger partial charge in [0.25, 0.3) is 0 Å². The molecule has 0 aromatic heterocycles. The normalized spacial score (nSPS) is 35.7. The Morgan fingerprint density at radius 1 is 1.37 bits per heavy atom. The van der Waals surface area contributed by atoms with Crippen molar-refractivity contribution in [1.29, 1.82) is 0 Å². The lowest BCUT2D eigenvalue weighted by Crippen LogP contribution is -2.51. The monoisotopic (exact) mass is 364 g/mol. The van der Waals surface area contributed by atoms with Crippen LogP contribution in [0.5, 0.6) is 0 Å². The lowest BCUT2D eigenvalue weighted by Gasteiger charge is -2.47. The van der Waals surface area contributed by atoms with E-state index in [-0.39, 0.29) is 16.4 Å². The Labute approximate surface area is 137 Å². The summed E-state index contributed by atoms with van der Waals surface area (Å²) in [5, 5.41) is 0. The van der Waals surface area contributed by atoms with E-state index >= 15 is 0 Å². The summed E-state index contributed by atoms with van der Waals surface area (Å²) in [6.07, 6.45) is 1.92. The van der Waals surface area contributed by atoms with E-state index in [1.54, 1.807) is 0 Å². The summed E-state index contributed by atoms with van der Waals surface area (Å²) in [7, 11) is 0. The molecule has 2 rings (SSSR count). The van der Waals surface area contributed by atoms with Crippen LogP contribution in [0.2, 0.25) is 0 Å². The molecule has 0 aromatic rings. The SMILES string of the molecule is C[C@]12CC(=C(Cl)Cl)CC[C@@H]1C[C@@H](C(Cl)(Cl)Cl)OC2=O. The fourth-order valence-electron chi connectivity index (χ4n) is 2.89. The summed E-state index contributed by atoms with van der Waals surface area (Å²) in [6, 6.07) is 0. The minimum absolute atomic E-state index is 0.116. The van der Waals surface area contributed by atoms with Gasteiger partial charge in [0.05, 0.1) is 5.41 Å². The van der Waals surface area contributed by atoms with E-state index in [4.69, 9.17) is 62.7 Å². The summed E-state index contributed by atoms with van der Waals surface area (Å²) in [5.41, 5.74) is 0.265. The summed E-state index contributed by atoms with van der Waals surface area (Å²) in [5.74, 6) is -0.224. The molecule has 3 atom stereocenters. The van der Waals surface area contributed by atoms with Crippen molar-refractivity contribution in [3.63, 3.8) is 0 Å². The third-order valence-corrected chi connectivity index (χ3v) is 5.39. The number of ether oxygens (including phenoxy) is 1. The van der Waals surface area contributed by atoms with Gasteiger partial charge in [-0.3, -0.25) is 4.79 Å². The van der Waals surface area contributed by atoms with Gasteiger partial charge in [0.2, 0.25) is 3.79 Å². The van der Waals surface area contributed by atoms with Gasteiger partial charge in [-0.2, -0.15) is 0 Å². The van der Waals surface area contributed by atoms with Gasteiger partial charge in [-0.05, 0) is 44.1 Å². The highest BCUT2D eigenvalue weighted by Crippen LogP contribution is 2.53. The molecular weight excluding hydrogens is 353 g/mol. The van der Waals surface area contributed by atoms with Gasteiger partial charge in [0, 0.05) is 0 Å². The van der Waals surface area contributed by atoms with Gasteiger partial charge < -0.3 is 4.74 Å². The number of alkyl halides is 3. The van der Waals surface area contributed by atoms with Crippen LogP contribution in [0.3, 0.4) is 0 Å². The number of fused-ring (bicyclic) bond motifs is 1. The largest absolute Gasteiger partial charge is 0.457 e. The lowest BCUT2D eigenvalue weighted by molar-refractivity contribution is -0.177. The molecule has 0 spiro atoms. The van der Waals surface area contributed by atoms with Crippen molar-refractivity contribution in [2.45, 2.75) is 42.5 Å². The summed E-state index contributed by atoms with van der Waals surface area (Å²) in [4.78, 5) is 12.3. The van der Waals surface area contributed by atoms with Crippen molar-refractivity contribution in [2.75, 3.05) is 0 Å². The molecule has 19 heavy (non-hydrogen) atoms. The molecule has 108 valence electrons. The predicted octanol–water partition coefficient (Wildman–Crippen LogP) is 5.17. The number of allylic oxidation sites excluding steroid dienone is 1. The summed E-state index contributed by atoms with van der Waals surface area (Å²) < 4.78 is 3.97. The van der Waals surface area contributed by atoms with E-state index in [2.05, 4.69) is 0 Å². The fraction of sp³-hybridized carbons (Fsp3) is 0.750. The van der Waals surface area contributed by atoms with E-state index in [1.807, 2.05) is 6.92 Å². The number of hydrogen-bond acceptors (Lipinski definition) is 2. The quantitative estimate of drug-likeness (QED) is 0.437. The van der Waals surface area contributed by atoms with E-state index in [0.29, 0.717) is 12.8 Å². The number of carbonyl (C=O) groups is 1. The van der Waals surface area contributed by atoms with Crippen LogP contribution in [0.25, 0.3) is 0 Å². The molecule has 1 saturated carbocycles. The van der Waals surface area contributed by atoms with Gasteiger partial charge in [-0.15, -0.1) is 0 Å². The zero-order valence-corrected chi connectivity index (χ0v) is 14.0. The summed E-state index contributed by atoms with van der Waals surface area (Å²) >= 11 is 29.2. The van der Waals surface area contributed by atoms with Crippen molar-refractivity contribution >= 4 is 64.0 Å². The first kappa shape index (κ1) is 16.0. The highest BCUT2D eigenvalue weighted by molar-refractivity contribution is 6.68. The van der Waals surface area contributed by atoms with Crippen LogP contribution in [0, 0.1) is 11.3 Å². The van der Waals surface area contributed by atoms with Crippen molar-refractivity contribution < 1.29 is 9.53 Å². The van der Waals surface area contributed by atoms with Crippen LogP contribution in [0.4, 0.5) is 0 Å². The Bertz CT molecular complexity index is 424. The molecule has 0 bridgehead atoms. The van der Waals surface area contributed by atoms with Crippen LogP contribution in [-0.2, 0) is 9.53 Å². The average molecular weight is 366 g/mol. The molecular formula is C12H13Cl5O2. The molecule has 0 unspecified atom stereocenters. The molecule has 1 saturated heterocycles. The Hall–Kier alpha value is 0.660. The highest BCUT2D eigenvalue weighted by atomic mass is 35.6. The Morgan fingerprint density at radius 2 is 2.00 bits per heavy atom. The number of esters is 1. The van der Waals surface area contributed by atoms with Crippen LogP contribution >= 0.6 is 58.0 Å². The van der Waals surface area contributed by atoms with E-state index in [1.165, 1.54) is 0 Å². The minimum atomic E-state index is -1.59. The first-order valence-electron chi connectivity index (χ1n) is 5.95. The van der Waals surface area contributed by atoms with Crippen LogP contribution in [0.1, 0.15) is 32.6 Å². The average Bonchev–Trinajstić information content (AvgIpc) is 2.28. The Morgan fingerprint density at radius 3 is 2.53 bits per heavy atom.